The van der Waals surface area contributed by atoms with Crippen LogP contribution in [0.3, 0.4) is 0 Å². The van der Waals surface area contributed by atoms with Crippen molar-refractivity contribution in [3.63, 3.8) is 0 Å². The zero-order valence-corrected chi connectivity index (χ0v) is 11.2. The SMILES string of the molecule is COc1cc(-c2ncn(C=CC(=O)O)n2)cc(C(F)(F)F)c1. The lowest BCUT2D eigenvalue weighted by molar-refractivity contribution is -0.137. The van der Waals surface area contributed by atoms with Crippen LogP contribution in [-0.2, 0) is 11.0 Å². The third-order valence-corrected chi connectivity index (χ3v) is 2.61. The summed E-state index contributed by atoms with van der Waals surface area (Å²) in [6.45, 7) is 0. The number of hydrogen-bond donors (Lipinski definition) is 1. The fourth-order valence-electron chi connectivity index (χ4n) is 1.63. The van der Waals surface area contributed by atoms with Crippen LogP contribution in [0.1, 0.15) is 5.56 Å². The van der Waals surface area contributed by atoms with Crippen molar-refractivity contribution in [1.29, 1.82) is 0 Å². The minimum Gasteiger partial charge on any atom is -0.497 e. The highest BCUT2D eigenvalue weighted by Crippen LogP contribution is 2.34. The van der Waals surface area contributed by atoms with Crippen LogP contribution in [0.15, 0.2) is 30.6 Å². The Morgan fingerprint density at radius 3 is 2.68 bits per heavy atom. The molecule has 1 aromatic carbocycles. The Bertz CT molecular complexity index is 723. The number of aromatic nitrogens is 3. The lowest BCUT2D eigenvalue weighted by atomic mass is 10.1. The summed E-state index contributed by atoms with van der Waals surface area (Å²) < 4.78 is 44.4. The Morgan fingerprint density at radius 1 is 1.36 bits per heavy atom. The van der Waals surface area contributed by atoms with E-state index in [-0.39, 0.29) is 17.1 Å². The van der Waals surface area contributed by atoms with Crippen molar-refractivity contribution in [1.82, 2.24) is 14.8 Å². The molecule has 0 aliphatic carbocycles. The van der Waals surface area contributed by atoms with Gasteiger partial charge in [-0.3, -0.25) is 0 Å². The van der Waals surface area contributed by atoms with E-state index in [1.54, 1.807) is 0 Å². The highest BCUT2D eigenvalue weighted by atomic mass is 19.4. The van der Waals surface area contributed by atoms with Crippen molar-refractivity contribution in [3.05, 3.63) is 36.2 Å². The molecular weight excluding hydrogens is 303 g/mol. The number of rotatable bonds is 4. The first kappa shape index (κ1) is 15.5. The van der Waals surface area contributed by atoms with Gasteiger partial charge in [0.1, 0.15) is 12.1 Å². The molecule has 1 heterocycles. The number of carboxylic acid groups (broad SMARTS) is 1. The van der Waals surface area contributed by atoms with Crippen LogP contribution in [0.2, 0.25) is 0 Å². The van der Waals surface area contributed by atoms with Gasteiger partial charge in [-0.25, -0.2) is 14.5 Å². The minimum atomic E-state index is -4.53. The number of ether oxygens (including phenoxy) is 1. The molecule has 116 valence electrons. The van der Waals surface area contributed by atoms with Crippen LogP contribution in [0.25, 0.3) is 17.6 Å². The van der Waals surface area contributed by atoms with E-state index >= 15 is 0 Å². The quantitative estimate of drug-likeness (QED) is 0.878. The van der Waals surface area contributed by atoms with Crippen molar-refractivity contribution < 1.29 is 27.8 Å². The minimum absolute atomic E-state index is 0.0134. The summed E-state index contributed by atoms with van der Waals surface area (Å²) in [4.78, 5) is 14.2. The molecule has 2 rings (SSSR count). The van der Waals surface area contributed by atoms with Crippen LogP contribution in [0.4, 0.5) is 13.2 Å². The largest absolute Gasteiger partial charge is 0.497 e. The maximum atomic E-state index is 12.8. The molecule has 2 aromatic rings. The first-order chi connectivity index (χ1) is 10.3. The number of hydrogen-bond acceptors (Lipinski definition) is 4. The van der Waals surface area contributed by atoms with Gasteiger partial charge in [0, 0.05) is 17.8 Å². The number of aliphatic carboxylic acids is 1. The van der Waals surface area contributed by atoms with Crippen molar-refractivity contribution in [2.75, 3.05) is 7.11 Å². The zero-order valence-electron chi connectivity index (χ0n) is 11.2. The molecule has 0 unspecified atom stereocenters. The Hall–Kier alpha value is -2.84. The standard InChI is InChI=1S/C13H10F3N3O3/c1-22-10-5-8(4-9(6-10)13(14,15)16)12-17-7-19(18-12)3-2-11(20)21/h2-7H,1H3,(H,20,21). The van der Waals surface area contributed by atoms with Gasteiger partial charge < -0.3 is 9.84 Å². The third-order valence-electron chi connectivity index (χ3n) is 2.61. The van der Waals surface area contributed by atoms with E-state index in [9.17, 15) is 18.0 Å². The van der Waals surface area contributed by atoms with Gasteiger partial charge >= 0.3 is 12.1 Å². The van der Waals surface area contributed by atoms with E-state index in [0.29, 0.717) is 0 Å². The monoisotopic (exact) mass is 313 g/mol. The second-order valence-electron chi connectivity index (χ2n) is 4.15. The van der Waals surface area contributed by atoms with Gasteiger partial charge in [-0.05, 0) is 18.2 Å². The fourth-order valence-corrected chi connectivity index (χ4v) is 1.63. The van der Waals surface area contributed by atoms with E-state index in [2.05, 4.69) is 10.1 Å². The van der Waals surface area contributed by atoms with Crippen LogP contribution in [0, 0.1) is 0 Å². The molecule has 0 spiro atoms. The number of methoxy groups -OCH3 is 1. The number of halogens is 3. The molecule has 0 fully saturated rings. The van der Waals surface area contributed by atoms with Crippen molar-refractivity contribution >= 4 is 12.2 Å². The van der Waals surface area contributed by atoms with Crippen LogP contribution in [0.5, 0.6) is 5.75 Å². The van der Waals surface area contributed by atoms with E-state index in [1.165, 1.54) is 19.5 Å². The van der Waals surface area contributed by atoms with Crippen molar-refractivity contribution in [2.24, 2.45) is 0 Å². The molecule has 0 bridgehead atoms. The molecule has 6 nitrogen and oxygen atoms in total. The summed E-state index contributed by atoms with van der Waals surface area (Å²) in [5, 5.41) is 12.4. The molecule has 0 atom stereocenters. The summed E-state index contributed by atoms with van der Waals surface area (Å²) in [6.07, 6.45) is -1.41. The lowest BCUT2D eigenvalue weighted by Crippen LogP contribution is -2.05. The maximum absolute atomic E-state index is 12.8. The van der Waals surface area contributed by atoms with Gasteiger partial charge in [0.2, 0.25) is 0 Å². The molecule has 9 heteroatoms. The molecule has 0 saturated carbocycles. The summed E-state index contributed by atoms with van der Waals surface area (Å²) in [6, 6.07) is 3.11. The highest BCUT2D eigenvalue weighted by Gasteiger charge is 2.31. The van der Waals surface area contributed by atoms with Gasteiger partial charge in [0.25, 0.3) is 0 Å². The maximum Gasteiger partial charge on any atom is 0.416 e. The Kier molecular flexibility index (Phi) is 4.15. The van der Waals surface area contributed by atoms with Gasteiger partial charge in [0.15, 0.2) is 5.82 Å². The summed E-state index contributed by atoms with van der Waals surface area (Å²) in [5.74, 6) is -1.15. The predicted octanol–water partition coefficient (Wildman–Crippen LogP) is 2.53. The Balaban J connectivity index is 2.42. The van der Waals surface area contributed by atoms with Crippen LogP contribution >= 0.6 is 0 Å². The van der Waals surface area contributed by atoms with E-state index in [0.717, 1.165) is 29.1 Å². The normalized spacial score (nSPS) is 11.8. The van der Waals surface area contributed by atoms with Crippen molar-refractivity contribution in [3.8, 4) is 17.1 Å². The number of alkyl halides is 3. The molecule has 0 aliphatic heterocycles. The molecule has 22 heavy (non-hydrogen) atoms. The second-order valence-corrected chi connectivity index (χ2v) is 4.15. The molecule has 1 aromatic heterocycles. The third kappa shape index (κ3) is 3.62. The second kappa shape index (κ2) is 5.88. The number of carbonyl (C=O) groups is 1. The van der Waals surface area contributed by atoms with Crippen molar-refractivity contribution in [2.45, 2.75) is 6.18 Å². The van der Waals surface area contributed by atoms with Gasteiger partial charge in [-0.1, -0.05) is 0 Å². The number of carboxylic acids is 1. The average Bonchev–Trinajstić information content (AvgIpc) is 2.92. The van der Waals surface area contributed by atoms with E-state index in [4.69, 9.17) is 9.84 Å². The summed E-state index contributed by atoms with van der Waals surface area (Å²) in [7, 11) is 1.25. The van der Waals surface area contributed by atoms with Gasteiger partial charge in [-0.2, -0.15) is 13.2 Å². The van der Waals surface area contributed by atoms with E-state index < -0.39 is 17.7 Å². The zero-order chi connectivity index (χ0) is 16.3. The average molecular weight is 313 g/mol. The lowest BCUT2D eigenvalue weighted by Gasteiger charge is -2.10. The Morgan fingerprint density at radius 2 is 2.09 bits per heavy atom. The first-order valence-corrected chi connectivity index (χ1v) is 5.88. The Labute approximate surface area is 122 Å². The summed E-state index contributed by atoms with van der Waals surface area (Å²) in [5.41, 5.74) is -0.784. The smallest absolute Gasteiger partial charge is 0.416 e. The topological polar surface area (TPSA) is 77.2 Å². The number of benzene rings is 1. The molecule has 0 aliphatic rings. The van der Waals surface area contributed by atoms with Crippen LogP contribution in [-0.4, -0.2) is 33.0 Å². The molecule has 0 saturated heterocycles. The van der Waals surface area contributed by atoms with Crippen LogP contribution < -0.4 is 4.74 Å². The number of nitrogens with zero attached hydrogens (tertiary/aromatic N) is 3. The molecule has 0 radical (unpaired) electrons. The molecule has 0 amide bonds. The van der Waals surface area contributed by atoms with E-state index in [1.807, 2.05) is 0 Å². The molecular formula is C13H10F3N3O3. The fraction of sp³-hybridized carbons (Fsp3) is 0.154. The first-order valence-electron chi connectivity index (χ1n) is 5.88. The highest BCUT2D eigenvalue weighted by molar-refractivity contribution is 5.82. The van der Waals surface area contributed by atoms with Gasteiger partial charge in [0.05, 0.1) is 12.7 Å². The van der Waals surface area contributed by atoms with Gasteiger partial charge in [-0.15, -0.1) is 5.10 Å². The predicted molar refractivity (Wildman–Crippen MR) is 70.0 cm³/mol. The molecule has 1 N–H and O–H groups in total. The summed E-state index contributed by atoms with van der Waals surface area (Å²) >= 11 is 0.